The van der Waals surface area contributed by atoms with Crippen LogP contribution in [0, 0.1) is 0 Å². The van der Waals surface area contributed by atoms with Gasteiger partial charge >= 0.3 is 0 Å². The maximum absolute atomic E-state index is 12.4. The standard InChI is InChI=1S/C15H19N3O3/c1-17-10-11(9-16-17)13-3-4-14(21-13)15(19)18-7-5-12(20-2)6-8-18/h3-4,9-10,12H,5-8H2,1-2H3. The van der Waals surface area contributed by atoms with Crippen LogP contribution in [-0.4, -0.2) is 46.9 Å². The number of aryl methyl sites for hydroxylation is 1. The number of hydrogen-bond acceptors (Lipinski definition) is 4. The number of hydrogen-bond donors (Lipinski definition) is 0. The van der Waals surface area contributed by atoms with Crippen LogP contribution in [-0.2, 0) is 11.8 Å². The summed E-state index contributed by atoms with van der Waals surface area (Å²) in [5.74, 6) is 0.989. The molecule has 0 saturated carbocycles. The Morgan fingerprint density at radius 3 is 2.76 bits per heavy atom. The van der Waals surface area contributed by atoms with E-state index in [0.29, 0.717) is 24.6 Å². The molecule has 6 nitrogen and oxygen atoms in total. The number of carbonyl (C=O) groups is 1. The first-order valence-electron chi connectivity index (χ1n) is 7.08. The monoisotopic (exact) mass is 289 g/mol. The zero-order chi connectivity index (χ0) is 14.8. The summed E-state index contributed by atoms with van der Waals surface area (Å²) in [4.78, 5) is 14.2. The summed E-state index contributed by atoms with van der Waals surface area (Å²) in [6.45, 7) is 1.42. The van der Waals surface area contributed by atoms with Crippen molar-refractivity contribution in [3.63, 3.8) is 0 Å². The van der Waals surface area contributed by atoms with Crippen molar-refractivity contribution in [1.82, 2.24) is 14.7 Å². The molecule has 0 radical (unpaired) electrons. The summed E-state index contributed by atoms with van der Waals surface area (Å²) in [5.41, 5.74) is 0.870. The third-order valence-corrected chi connectivity index (χ3v) is 3.87. The lowest BCUT2D eigenvalue weighted by Crippen LogP contribution is -2.40. The van der Waals surface area contributed by atoms with E-state index < -0.39 is 0 Å². The fraction of sp³-hybridized carbons (Fsp3) is 0.467. The first kappa shape index (κ1) is 13.9. The molecule has 21 heavy (non-hydrogen) atoms. The van der Waals surface area contributed by atoms with Gasteiger partial charge < -0.3 is 14.1 Å². The molecule has 0 N–H and O–H groups in total. The van der Waals surface area contributed by atoms with Crippen LogP contribution < -0.4 is 0 Å². The van der Waals surface area contributed by atoms with Gasteiger partial charge in [-0.05, 0) is 25.0 Å². The van der Waals surface area contributed by atoms with Gasteiger partial charge in [0.05, 0.1) is 17.9 Å². The van der Waals surface area contributed by atoms with Crippen molar-refractivity contribution in [3.05, 3.63) is 30.3 Å². The summed E-state index contributed by atoms with van der Waals surface area (Å²) in [6, 6.07) is 3.54. The van der Waals surface area contributed by atoms with Gasteiger partial charge in [-0.1, -0.05) is 0 Å². The lowest BCUT2D eigenvalue weighted by atomic mass is 10.1. The largest absolute Gasteiger partial charge is 0.451 e. The summed E-state index contributed by atoms with van der Waals surface area (Å²) in [7, 11) is 3.56. The number of likely N-dealkylation sites (tertiary alicyclic amines) is 1. The van der Waals surface area contributed by atoms with Crippen molar-refractivity contribution in [2.45, 2.75) is 18.9 Å². The molecule has 0 aliphatic carbocycles. The van der Waals surface area contributed by atoms with E-state index >= 15 is 0 Å². The number of ether oxygens (including phenoxy) is 1. The Kier molecular flexibility index (Phi) is 3.79. The van der Waals surface area contributed by atoms with Crippen LogP contribution in [0.4, 0.5) is 0 Å². The zero-order valence-corrected chi connectivity index (χ0v) is 12.3. The second-order valence-electron chi connectivity index (χ2n) is 5.29. The molecule has 6 heteroatoms. The molecule has 0 atom stereocenters. The Labute approximate surface area is 123 Å². The van der Waals surface area contributed by atoms with Gasteiger partial charge in [-0.2, -0.15) is 5.10 Å². The first-order chi connectivity index (χ1) is 10.2. The van der Waals surface area contributed by atoms with Crippen molar-refractivity contribution in [2.75, 3.05) is 20.2 Å². The predicted octanol–water partition coefficient (Wildman–Crippen LogP) is 1.93. The van der Waals surface area contributed by atoms with Gasteiger partial charge in [0.2, 0.25) is 0 Å². The quantitative estimate of drug-likeness (QED) is 0.866. The molecule has 2 aromatic rings. The molecule has 1 aliphatic heterocycles. The molecular formula is C15H19N3O3. The highest BCUT2D eigenvalue weighted by atomic mass is 16.5. The number of amides is 1. The van der Waals surface area contributed by atoms with E-state index in [9.17, 15) is 4.79 Å². The molecule has 0 aromatic carbocycles. The van der Waals surface area contributed by atoms with Gasteiger partial charge in [-0.3, -0.25) is 9.48 Å². The van der Waals surface area contributed by atoms with E-state index in [1.165, 1.54) is 0 Å². The second-order valence-corrected chi connectivity index (χ2v) is 5.29. The smallest absolute Gasteiger partial charge is 0.289 e. The molecule has 1 fully saturated rings. The van der Waals surface area contributed by atoms with Crippen LogP contribution in [0.15, 0.2) is 28.9 Å². The second kappa shape index (κ2) is 5.73. The number of piperidine rings is 1. The van der Waals surface area contributed by atoms with Gasteiger partial charge in [-0.15, -0.1) is 0 Å². The van der Waals surface area contributed by atoms with E-state index in [1.807, 2.05) is 24.2 Å². The lowest BCUT2D eigenvalue weighted by Gasteiger charge is -2.30. The third-order valence-electron chi connectivity index (χ3n) is 3.87. The van der Waals surface area contributed by atoms with Gasteiger partial charge in [0, 0.05) is 33.4 Å². The predicted molar refractivity (Wildman–Crippen MR) is 76.8 cm³/mol. The summed E-state index contributed by atoms with van der Waals surface area (Å²) >= 11 is 0. The molecule has 1 amide bonds. The topological polar surface area (TPSA) is 60.5 Å². The van der Waals surface area contributed by atoms with Gasteiger partial charge in [0.25, 0.3) is 5.91 Å². The maximum atomic E-state index is 12.4. The minimum Gasteiger partial charge on any atom is -0.451 e. The Balaban J connectivity index is 1.70. The van der Waals surface area contributed by atoms with Crippen molar-refractivity contribution >= 4 is 5.91 Å². The SMILES string of the molecule is COC1CCN(C(=O)c2ccc(-c3cnn(C)c3)o2)CC1. The molecular weight excluding hydrogens is 270 g/mol. The number of aromatic nitrogens is 2. The third kappa shape index (κ3) is 2.85. The number of carbonyl (C=O) groups excluding carboxylic acids is 1. The number of methoxy groups -OCH3 is 1. The fourth-order valence-electron chi connectivity index (χ4n) is 2.61. The molecule has 3 heterocycles. The molecule has 2 aromatic heterocycles. The molecule has 0 unspecified atom stereocenters. The Hall–Kier alpha value is -2.08. The molecule has 3 rings (SSSR count). The fourth-order valence-corrected chi connectivity index (χ4v) is 2.61. The molecule has 0 spiro atoms. The van der Waals surface area contributed by atoms with Crippen LogP contribution in [0.2, 0.25) is 0 Å². The van der Waals surface area contributed by atoms with Gasteiger partial charge in [0.1, 0.15) is 5.76 Å². The van der Waals surface area contributed by atoms with Crippen molar-refractivity contribution in [3.8, 4) is 11.3 Å². The van der Waals surface area contributed by atoms with E-state index in [1.54, 1.807) is 24.1 Å². The first-order valence-corrected chi connectivity index (χ1v) is 7.08. The van der Waals surface area contributed by atoms with Crippen LogP contribution >= 0.6 is 0 Å². The van der Waals surface area contributed by atoms with E-state index in [2.05, 4.69) is 5.10 Å². The number of furan rings is 1. The summed E-state index contributed by atoms with van der Waals surface area (Å²) < 4.78 is 12.7. The molecule has 112 valence electrons. The minimum absolute atomic E-state index is 0.0558. The van der Waals surface area contributed by atoms with E-state index in [-0.39, 0.29) is 12.0 Å². The van der Waals surface area contributed by atoms with Crippen LogP contribution in [0.1, 0.15) is 23.4 Å². The normalized spacial score (nSPS) is 16.4. The average Bonchev–Trinajstić information content (AvgIpc) is 3.15. The number of rotatable bonds is 3. The average molecular weight is 289 g/mol. The highest BCUT2D eigenvalue weighted by molar-refractivity contribution is 5.92. The maximum Gasteiger partial charge on any atom is 0.289 e. The molecule has 1 aliphatic rings. The van der Waals surface area contributed by atoms with Gasteiger partial charge in [-0.25, -0.2) is 0 Å². The van der Waals surface area contributed by atoms with Crippen molar-refractivity contribution in [1.29, 1.82) is 0 Å². The van der Waals surface area contributed by atoms with Crippen molar-refractivity contribution in [2.24, 2.45) is 7.05 Å². The van der Waals surface area contributed by atoms with Crippen LogP contribution in [0.3, 0.4) is 0 Å². The van der Waals surface area contributed by atoms with Crippen LogP contribution in [0.25, 0.3) is 11.3 Å². The Morgan fingerprint density at radius 2 is 2.14 bits per heavy atom. The van der Waals surface area contributed by atoms with Crippen LogP contribution in [0.5, 0.6) is 0 Å². The highest BCUT2D eigenvalue weighted by Gasteiger charge is 2.25. The Morgan fingerprint density at radius 1 is 1.38 bits per heavy atom. The van der Waals surface area contributed by atoms with Crippen molar-refractivity contribution < 1.29 is 13.9 Å². The van der Waals surface area contributed by atoms with E-state index in [0.717, 1.165) is 18.4 Å². The van der Waals surface area contributed by atoms with Gasteiger partial charge in [0.15, 0.2) is 5.76 Å². The summed E-state index contributed by atoms with van der Waals surface area (Å²) in [5, 5.41) is 4.10. The number of nitrogens with zero attached hydrogens (tertiary/aromatic N) is 3. The zero-order valence-electron chi connectivity index (χ0n) is 12.3. The van der Waals surface area contributed by atoms with E-state index in [4.69, 9.17) is 9.15 Å². The lowest BCUT2D eigenvalue weighted by molar-refractivity contribution is 0.0335. The Bertz CT molecular complexity index is 624. The summed E-state index contributed by atoms with van der Waals surface area (Å²) in [6.07, 6.45) is 5.59. The highest BCUT2D eigenvalue weighted by Crippen LogP contribution is 2.23. The molecule has 1 saturated heterocycles. The minimum atomic E-state index is -0.0558. The molecule has 0 bridgehead atoms.